The van der Waals surface area contributed by atoms with Crippen LogP contribution in [0.2, 0.25) is 0 Å². The number of benzene rings is 3. The number of carbonyl (C=O) groups is 1. The number of aromatic hydroxyl groups is 2. The summed E-state index contributed by atoms with van der Waals surface area (Å²) in [4.78, 5) is 10.8. The van der Waals surface area contributed by atoms with Crippen LogP contribution >= 0.6 is 0 Å². The predicted molar refractivity (Wildman–Crippen MR) is 112 cm³/mol. The summed E-state index contributed by atoms with van der Waals surface area (Å²) in [7, 11) is 0. The van der Waals surface area contributed by atoms with Gasteiger partial charge in [0, 0.05) is 6.07 Å². The maximum Gasteiger partial charge on any atom is 0.437 e. The Morgan fingerprint density at radius 1 is 0.879 bits per heavy atom. The number of carboxylic acid groups (broad SMARTS) is 1. The molecular weight excluding hydrogens is 439 g/mol. The van der Waals surface area contributed by atoms with E-state index >= 15 is 0 Å². The molecule has 0 radical (unpaired) electrons. The van der Waals surface area contributed by atoms with Gasteiger partial charge >= 0.3 is 12.1 Å². The van der Waals surface area contributed by atoms with E-state index in [1.165, 1.54) is 24.3 Å². The first-order chi connectivity index (χ1) is 15.6. The molecule has 4 aromatic rings. The highest BCUT2D eigenvalue weighted by molar-refractivity contribution is 5.85. The van der Waals surface area contributed by atoms with Crippen molar-refractivity contribution >= 4 is 5.97 Å². The van der Waals surface area contributed by atoms with Crippen molar-refractivity contribution < 1.29 is 37.8 Å². The normalized spacial score (nSPS) is 11.5. The van der Waals surface area contributed by atoms with Gasteiger partial charge in [-0.3, -0.25) is 4.79 Å². The molecule has 0 aliphatic heterocycles. The predicted octanol–water partition coefficient (Wildman–Crippen LogP) is 5.73. The van der Waals surface area contributed by atoms with E-state index in [-0.39, 0.29) is 34.6 Å². The summed E-state index contributed by atoms with van der Waals surface area (Å²) in [5.41, 5.74) is 0.623. The van der Waals surface area contributed by atoms with Crippen LogP contribution in [0.5, 0.6) is 11.5 Å². The van der Waals surface area contributed by atoms with Crippen LogP contribution < -0.4 is 0 Å². The van der Waals surface area contributed by atoms with Crippen LogP contribution in [0.15, 0.2) is 71.3 Å². The van der Waals surface area contributed by atoms with Crippen LogP contribution in [-0.4, -0.2) is 26.4 Å². The first-order valence-electron chi connectivity index (χ1n) is 9.64. The van der Waals surface area contributed by atoms with E-state index in [2.05, 4.69) is 5.16 Å². The molecule has 0 unspecified atom stereocenters. The Hall–Kier alpha value is -4.27. The van der Waals surface area contributed by atoms with Crippen molar-refractivity contribution in [2.75, 3.05) is 0 Å². The molecule has 1 aromatic heterocycles. The SMILES string of the molecule is O=C(O)Cc1ccc(-c2ccc(-c3c(C(F)(F)F)noc3-c3ccc(O)cc3O)cc2)cc1. The molecule has 3 aromatic carbocycles. The number of halogens is 3. The molecule has 0 fully saturated rings. The van der Waals surface area contributed by atoms with Crippen LogP contribution in [0.25, 0.3) is 33.6 Å². The minimum atomic E-state index is -4.80. The van der Waals surface area contributed by atoms with Crippen LogP contribution in [0.3, 0.4) is 0 Å². The summed E-state index contributed by atoms with van der Waals surface area (Å²) in [6.07, 6.45) is -4.91. The minimum Gasteiger partial charge on any atom is -0.508 e. The second kappa shape index (κ2) is 8.34. The van der Waals surface area contributed by atoms with Crippen LogP contribution in [0.1, 0.15) is 11.3 Å². The Bertz CT molecular complexity index is 1310. The van der Waals surface area contributed by atoms with Crippen LogP contribution in [0, 0.1) is 0 Å². The number of phenols is 2. The van der Waals surface area contributed by atoms with E-state index in [9.17, 15) is 28.2 Å². The van der Waals surface area contributed by atoms with Gasteiger partial charge in [0.25, 0.3) is 0 Å². The summed E-state index contributed by atoms with van der Waals surface area (Å²) in [6.45, 7) is 0. The number of carboxylic acids is 1. The summed E-state index contributed by atoms with van der Waals surface area (Å²) in [6, 6.07) is 16.4. The fourth-order valence-electron chi connectivity index (χ4n) is 3.47. The first-order valence-corrected chi connectivity index (χ1v) is 9.64. The van der Waals surface area contributed by atoms with Crippen molar-refractivity contribution in [1.82, 2.24) is 5.16 Å². The number of hydrogen-bond acceptors (Lipinski definition) is 5. The smallest absolute Gasteiger partial charge is 0.437 e. The van der Waals surface area contributed by atoms with Crippen molar-refractivity contribution in [1.29, 1.82) is 0 Å². The second-order valence-corrected chi connectivity index (χ2v) is 7.28. The van der Waals surface area contributed by atoms with E-state index in [1.54, 1.807) is 36.4 Å². The molecule has 0 bridgehead atoms. The Morgan fingerprint density at radius 3 is 2.00 bits per heavy atom. The zero-order chi connectivity index (χ0) is 23.8. The number of hydrogen-bond donors (Lipinski definition) is 3. The molecule has 168 valence electrons. The highest BCUT2D eigenvalue weighted by atomic mass is 19.4. The number of aliphatic carboxylic acids is 1. The quantitative estimate of drug-likeness (QED) is 0.355. The van der Waals surface area contributed by atoms with Crippen molar-refractivity contribution in [3.63, 3.8) is 0 Å². The maximum absolute atomic E-state index is 13.6. The van der Waals surface area contributed by atoms with Gasteiger partial charge < -0.3 is 19.8 Å². The highest BCUT2D eigenvalue weighted by Gasteiger charge is 2.40. The summed E-state index contributed by atoms with van der Waals surface area (Å²) >= 11 is 0. The zero-order valence-electron chi connectivity index (χ0n) is 16.8. The molecule has 4 rings (SSSR count). The third-order valence-corrected chi connectivity index (χ3v) is 5.00. The lowest BCUT2D eigenvalue weighted by Gasteiger charge is -2.10. The first kappa shape index (κ1) is 21.9. The van der Waals surface area contributed by atoms with E-state index < -0.39 is 23.6 Å². The van der Waals surface area contributed by atoms with E-state index in [1.807, 2.05) is 0 Å². The third-order valence-electron chi connectivity index (χ3n) is 5.00. The fourth-order valence-corrected chi connectivity index (χ4v) is 3.47. The molecule has 1 heterocycles. The molecule has 0 aliphatic carbocycles. The largest absolute Gasteiger partial charge is 0.508 e. The van der Waals surface area contributed by atoms with Gasteiger partial charge in [-0.05, 0) is 34.4 Å². The molecule has 0 spiro atoms. The van der Waals surface area contributed by atoms with Gasteiger partial charge in [-0.2, -0.15) is 13.2 Å². The lowest BCUT2D eigenvalue weighted by atomic mass is 9.96. The summed E-state index contributed by atoms with van der Waals surface area (Å²) in [5, 5.41) is 31.7. The summed E-state index contributed by atoms with van der Waals surface area (Å²) in [5.74, 6) is -1.95. The average molecular weight is 455 g/mol. The van der Waals surface area contributed by atoms with Gasteiger partial charge in [0.05, 0.1) is 17.5 Å². The van der Waals surface area contributed by atoms with Gasteiger partial charge in [-0.15, -0.1) is 0 Å². The molecule has 9 heteroatoms. The molecule has 0 atom stereocenters. The Balaban J connectivity index is 1.75. The van der Waals surface area contributed by atoms with Crippen molar-refractivity contribution in [2.45, 2.75) is 12.6 Å². The van der Waals surface area contributed by atoms with Crippen molar-refractivity contribution in [3.05, 3.63) is 78.0 Å². The molecule has 0 aliphatic rings. The fraction of sp³-hybridized carbons (Fsp3) is 0.0833. The number of aromatic nitrogens is 1. The maximum atomic E-state index is 13.6. The lowest BCUT2D eigenvalue weighted by molar-refractivity contribution is -0.142. The average Bonchev–Trinajstić information content (AvgIpc) is 3.19. The van der Waals surface area contributed by atoms with Crippen LogP contribution in [0.4, 0.5) is 13.2 Å². The molecule has 0 saturated heterocycles. The molecule has 0 amide bonds. The van der Waals surface area contributed by atoms with E-state index in [0.29, 0.717) is 11.1 Å². The molecule has 6 nitrogen and oxygen atoms in total. The van der Waals surface area contributed by atoms with Gasteiger partial charge in [0.1, 0.15) is 11.5 Å². The number of alkyl halides is 3. The van der Waals surface area contributed by atoms with E-state index in [4.69, 9.17) is 9.63 Å². The van der Waals surface area contributed by atoms with Crippen LogP contribution in [-0.2, 0) is 17.4 Å². The van der Waals surface area contributed by atoms with Gasteiger partial charge in [-0.25, -0.2) is 0 Å². The van der Waals surface area contributed by atoms with Crippen molar-refractivity contribution in [2.24, 2.45) is 0 Å². The molecular formula is C24H16F3NO5. The van der Waals surface area contributed by atoms with Gasteiger partial charge in [-0.1, -0.05) is 53.7 Å². The number of nitrogens with zero attached hydrogens (tertiary/aromatic N) is 1. The summed E-state index contributed by atoms with van der Waals surface area (Å²) < 4.78 is 45.9. The molecule has 33 heavy (non-hydrogen) atoms. The monoisotopic (exact) mass is 455 g/mol. The molecule has 0 saturated carbocycles. The van der Waals surface area contributed by atoms with E-state index in [0.717, 1.165) is 11.6 Å². The Labute approximate surface area is 185 Å². The number of phenolic OH excluding ortho intramolecular Hbond substituents is 2. The Morgan fingerprint density at radius 2 is 1.45 bits per heavy atom. The zero-order valence-corrected chi connectivity index (χ0v) is 16.8. The van der Waals surface area contributed by atoms with Gasteiger partial charge in [0.2, 0.25) is 0 Å². The topological polar surface area (TPSA) is 104 Å². The Kier molecular flexibility index (Phi) is 5.55. The standard InChI is InChI=1S/C24H16F3NO5/c25-24(26,27)23-21(22(33-28-23)18-10-9-17(29)12-19(18)30)16-7-5-15(6-8-16)14-3-1-13(2-4-14)11-20(31)32/h1-10,12,29-30H,11H2,(H,31,32). The molecule has 3 N–H and O–H groups in total. The second-order valence-electron chi connectivity index (χ2n) is 7.28. The van der Waals surface area contributed by atoms with Crippen molar-refractivity contribution in [3.8, 4) is 45.1 Å². The third kappa shape index (κ3) is 4.52. The van der Waals surface area contributed by atoms with Gasteiger partial charge in [0.15, 0.2) is 11.5 Å². The lowest BCUT2D eigenvalue weighted by Crippen LogP contribution is -2.07. The number of rotatable bonds is 5. The minimum absolute atomic E-state index is 0.0519. The highest BCUT2D eigenvalue weighted by Crippen LogP contribution is 2.45.